The predicted octanol–water partition coefficient (Wildman–Crippen LogP) is 1.08. The Morgan fingerprint density at radius 3 is 2.68 bits per heavy atom. The molecule has 0 amide bonds. The molecule has 0 saturated carbocycles. The molecule has 0 radical (unpaired) electrons. The highest BCUT2D eigenvalue weighted by atomic mass is 32.2. The fraction of sp³-hybridized carbons (Fsp3) is 0.588. The predicted molar refractivity (Wildman–Crippen MR) is 98.8 cm³/mol. The molecule has 25 heavy (non-hydrogen) atoms. The van der Waals surface area contributed by atoms with Gasteiger partial charge in [0, 0.05) is 31.7 Å². The lowest BCUT2D eigenvalue weighted by Gasteiger charge is -2.29. The van der Waals surface area contributed by atoms with Gasteiger partial charge in [-0.05, 0) is 44.5 Å². The fourth-order valence-electron chi connectivity index (χ4n) is 2.84. The monoisotopic (exact) mass is 365 g/mol. The van der Waals surface area contributed by atoms with E-state index in [1.165, 1.54) is 10.4 Å². The lowest BCUT2D eigenvalue weighted by atomic mass is 10.1. The third-order valence-corrected chi connectivity index (χ3v) is 6.24. The first-order valence-corrected chi connectivity index (χ1v) is 10.1. The third kappa shape index (κ3) is 4.92. The molecular formula is C17H27N5O2S. The number of hydrogen-bond acceptors (Lipinski definition) is 6. The van der Waals surface area contributed by atoms with Crippen LogP contribution in [0.4, 0.5) is 5.69 Å². The van der Waals surface area contributed by atoms with Gasteiger partial charge in [0.25, 0.3) is 0 Å². The van der Waals surface area contributed by atoms with Crippen LogP contribution in [0.25, 0.3) is 0 Å². The molecule has 4 N–H and O–H groups in total. The van der Waals surface area contributed by atoms with Gasteiger partial charge in [0.15, 0.2) is 0 Å². The van der Waals surface area contributed by atoms with Gasteiger partial charge in [-0.1, -0.05) is 6.92 Å². The molecule has 1 aliphatic heterocycles. The Labute approximate surface area is 150 Å². The van der Waals surface area contributed by atoms with Crippen molar-refractivity contribution in [3.05, 3.63) is 23.8 Å². The minimum Gasteiger partial charge on any atom is -0.380 e. The maximum Gasteiger partial charge on any atom is 0.243 e. The number of nitrogens with one attached hydrogen (secondary N) is 2. The fourth-order valence-corrected chi connectivity index (χ4v) is 4.34. The number of benzene rings is 1. The Hall–Kier alpha value is -1.66. The zero-order valence-corrected chi connectivity index (χ0v) is 15.6. The molecule has 0 aromatic heterocycles. The largest absolute Gasteiger partial charge is 0.380 e. The van der Waals surface area contributed by atoms with Crippen LogP contribution in [-0.2, 0) is 10.0 Å². The second kappa shape index (κ2) is 8.63. The summed E-state index contributed by atoms with van der Waals surface area (Å²) in [4.78, 5) is 0.208. The van der Waals surface area contributed by atoms with E-state index in [1.54, 1.807) is 12.1 Å². The average molecular weight is 366 g/mol. The molecule has 1 aromatic carbocycles. The number of nitriles is 1. The summed E-state index contributed by atoms with van der Waals surface area (Å²) in [6.45, 7) is 6.44. The molecule has 7 nitrogen and oxygen atoms in total. The molecule has 1 atom stereocenters. The van der Waals surface area contributed by atoms with Crippen molar-refractivity contribution >= 4 is 15.7 Å². The third-order valence-electron chi connectivity index (χ3n) is 4.35. The average Bonchev–Trinajstić information content (AvgIpc) is 2.60. The van der Waals surface area contributed by atoms with Crippen molar-refractivity contribution in [3.8, 4) is 6.07 Å². The van der Waals surface area contributed by atoms with Crippen LogP contribution in [0, 0.1) is 11.3 Å². The molecular weight excluding hydrogens is 338 g/mol. The van der Waals surface area contributed by atoms with Crippen molar-refractivity contribution in [2.75, 3.05) is 31.5 Å². The van der Waals surface area contributed by atoms with E-state index in [0.717, 1.165) is 13.1 Å². The lowest BCUT2D eigenvalue weighted by Crippen LogP contribution is -2.42. The minimum absolute atomic E-state index is 0.0663. The molecule has 1 aliphatic rings. The van der Waals surface area contributed by atoms with Gasteiger partial charge >= 0.3 is 0 Å². The highest BCUT2D eigenvalue weighted by Crippen LogP contribution is 2.25. The highest BCUT2D eigenvalue weighted by Gasteiger charge is 2.28. The van der Waals surface area contributed by atoms with E-state index >= 15 is 0 Å². The van der Waals surface area contributed by atoms with Gasteiger partial charge in [-0.15, -0.1) is 0 Å². The number of rotatable bonds is 7. The number of piperidine rings is 1. The molecule has 1 heterocycles. The molecule has 0 unspecified atom stereocenters. The Kier molecular flexibility index (Phi) is 6.79. The number of nitrogens with zero attached hydrogens (tertiary/aromatic N) is 2. The molecule has 1 saturated heterocycles. The van der Waals surface area contributed by atoms with E-state index in [0.29, 0.717) is 37.2 Å². The Morgan fingerprint density at radius 1 is 1.40 bits per heavy atom. The number of sulfonamides is 1. The van der Waals surface area contributed by atoms with Crippen LogP contribution in [-0.4, -0.2) is 51.0 Å². The normalized spacial score (nSPS) is 17.8. The number of anilines is 1. The first-order chi connectivity index (χ1) is 11.9. The van der Waals surface area contributed by atoms with Gasteiger partial charge in [-0.2, -0.15) is 9.57 Å². The Bertz CT molecular complexity index is 721. The van der Waals surface area contributed by atoms with Gasteiger partial charge in [-0.25, -0.2) is 8.42 Å². The Morgan fingerprint density at radius 2 is 2.08 bits per heavy atom. The van der Waals surface area contributed by atoms with E-state index in [4.69, 9.17) is 5.73 Å². The molecule has 2 rings (SSSR count). The van der Waals surface area contributed by atoms with E-state index in [9.17, 15) is 13.7 Å². The van der Waals surface area contributed by atoms with Crippen molar-refractivity contribution in [3.63, 3.8) is 0 Å². The van der Waals surface area contributed by atoms with Crippen LogP contribution in [0.1, 0.15) is 32.3 Å². The molecule has 8 heteroatoms. The summed E-state index contributed by atoms with van der Waals surface area (Å²) in [6, 6.07) is 6.87. The molecule has 1 aromatic rings. The van der Waals surface area contributed by atoms with Crippen molar-refractivity contribution < 1.29 is 8.42 Å². The van der Waals surface area contributed by atoms with Crippen LogP contribution >= 0.6 is 0 Å². The SMILES string of the molecule is CCNC[C@H](C)Nc1cc(S(=O)(=O)N2CCC(N)CC2)ccc1C#N. The van der Waals surface area contributed by atoms with Crippen LogP contribution in [0.3, 0.4) is 0 Å². The smallest absolute Gasteiger partial charge is 0.243 e. The van der Waals surface area contributed by atoms with Crippen molar-refractivity contribution in [1.29, 1.82) is 5.26 Å². The standard InChI is InChI=1S/C17H27N5O2S/c1-3-20-12-13(2)21-17-10-16(5-4-14(17)11-18)25(23,24)22-8-6-15(19)7-9-22/h4-5,10,13,15,20-21H,3,6-9,12,19H2,1-2H3/t13-/m0/s1. The van der Waals surface area contributed by atoms with Crippen LogP contribution < -0.4 is 16.4 Å². The molecule has 0 aliphatic carbocycles. The van der Waals surface area contributed by atoms with E-state index < -0.39 is 10.0 Å². The summed E-state index contributed by atoms with van der Waals surface area (Å²) in [5.74, 6) is 0. The van der Waals surface area contributed by atoms with Crippen LogP contribution in [0.5, 0.6) is 0 Å². The van der Waals surface area contributed by atoms with Gasteiger partial charge in [-0.3, -0.25) is 0 Å². The zero-order chi connectivity index (χ0) is 18.4. The lowest BCUT2D eigenvalue weighted by molar-refractivity contribution is 0.320. The minimum atomic E-state index is -3.57. The summed E-state index contributed by atoms with van der Waals surface area (Å²) in [5.41, 5.74) is 6.84. The summed E-state index contributed by atoms with van der Waals surface area (Å²) in [7, 11) is -3.57. The van der Waals surface area contributed by atoms with Crippen molar-refractivity contribution in [1.82, 2.24) is 9.62 Å². The first kappa shape index (κ1) is 19.7. The quantitative estimate of drug-likeness (QED) is 0.667. The summed E-state index contributed by atoms with van der Waals surface area (Å²) in [5, 5.41) is 15.8. The highest BCUT2D eigenvalue weighted by molar-refractivity contribution is 7.89. The van der Waals surface area contributed by atoms with Crippen LogP contribution in [0.2, 0.25) is 0 Å². The first-order valence-electron chi connectivity index (χ1n) is 8.65. The van der Waals surface area contributed by atoms with Gasteiger partial charge in [0.05, 0.1) is 16.1 Å². The number of likely N-dealkylation sites (N-methyl/N-ethyl adjacent to an activating group) is 1. The summed E-state index contributed by atoms with van der Waals surface area (Å²) >= 11 is 0. The van der Waals surface area contributed by atoms with E-state index in [-0.39, 0.29) is 17.0 Å². The maximum atomic E-state index is 12.9. The zero-order valence-electron chi connectivity index (χ0n) is 14.8. The number of nitrogens with two attached hydrogens (primary N) is 1. The molecule has 138 valence electrons. The second-order valence-electron chi connectivity index (χ2n) is 6.41. The van der Waals surface area contributed by atoms with Crippen LogP contribution in [0.15, 0.2) is 23.1 Å². The van der Waals surface area contributed by atoms with E-state index in [1.807, 2.05) is 13.8 Å². The number of hydrogen-bond donors (Lipinski definition) is 3. The molecule has 0 bridgehead atoms. The van der Waals surface area contributed by atoms with E-state index in [2.05, 4.69) is 16.7 Å². The molecule has 1 fully saturated rings. The second-order valence-corrected chi connectivity index (χ2v) is 8.35. The van der Waals surface area contributed by atoms with Crippen molar-refractivity contribution in [2.24, 2.45) is 5.73 Å². The van der Waals surface area contributed by atoms with Gasteiger partial charge in [0.2, 0.25) is 10.0 Å². The maximum absolute atomic E-state index is 12.9. The van der Waals surface area contributed by atoms with Gasteiger partial charge < -0.3 is 16.4 Å². The Balaban J connectivity index is 2.24. The molecule has 0 spiro atoms. The summed E-state index contributed by atoms with van der Waals surface area (Å²) in [6.07, 6.45) is 1.33. The van der Waals surface area contributed by atoms with Crippen molar-refractivity contribution in [2.45, 2.75) is 43.7 Å². The topological polar surface area (TPSA) is 111 Å². The van der Waals surface area contributed by atoms with Gasteiger partial charge in [0.1, 0.15) is 6.07 Å². The summed E-state index contributed by atoms with van der Waals surface area (Å²) < 4.78 is 27.2.